The van der Waals surface area contributed by atoms with Crippen LogP contribution >= 0.6 is 11.3 Å². The number of benzene rings is 1. The van der Waals surface area contributed by atoms with Gasteiger partial charge in [0.15, 0.2) is 0 Å². The van der Waals surface area contributed by atoms with E-state index in [0.29, 0.717) is 16.5 Å². The van der Waals surface area contributed by atoms with Crippen LogP contribution in [0.2, 0.25) is 0 Å². The number of ether oxygens (including phenoxy) is 1. The van der Waals surface area contributed by atoms with Crippen molar-refractivity contribution < 1.29 is 4.74 Å². The Morgan fingerprint density at radius 3 is 2.63 bits per heavy atom. The molecule has 0 saturated heterocycles. The lowest BCUT2D eigenvalue weighted by atomic mass is 9.97. The van der Waals surface area contributed by atoms with Gasteiger partial charge in [-0.05, 0) is 29.2 Å². The molecule has 2 aromatic rings. The van der Waals surface area contributed by atoms with E-state index >= 15 is 0 Å². The number of nitrogens with zero attached hydrogens (tertiary/aromatic N) is 1. The maximum Gasteiger partial charge on any atom is 0.128 e. The van der Waals surface area contributed by atoms with Gasteiger partial charge in [-0.3, -0.25) is 0 Å². The fourth-order valence-corrected chi connectivity index (χ4v) is 2.82. The molecule has 0 bridgehead atoms. The van der Waals surface area contributed by atoms with Crippen LogP contribution in [0.5, 0.6) is 5.75 Å². The summed E-state index contributed by atoms with van der Waals surface area (Å²) in [6.07, 6.45) is 0. The molecule has 0 saturated carbocycles. The molecule has 2 N–H and O–H groups in total. The average Bonchev–Trinajstić information content (AvgIpc) is 2.79. The minimum absolute atomic E-state index is 0.366. The number of hydrogen-bond donors (Lipinski definition) is 1. The predicted molar refractivity (Wildman–Crippen MR) is 79.5 cm³/mol. The van der Waals surface area contributed by atoms with Gasteiger partial charge < -0.3 is 10.5 Å². The number of nitrogens with two attached hydrogens (primary N) is 1. The highest BCUT2D eigenvalue weighted by atomic mass is 32.1. The standard InChI is InChI=1S/C15H16N2OS/c1-9(2)11-6-10(4-5-13(11)18-3)12-8-19-14(7-16)15(12)17/h4-6,8-9H,17H2,1-3H3. The molecule has 0 amide bonds. The van der Waals surface area contributed by atoms with Crippen LogP contribution in [0.25, 0.3) is 11.1 Å². The average molecular weight is 272 g/mol. The first-order valence-corrected chi connectivity index (χ1v) is 6.91. The van der Waals surface area contributed by atoms with Gasteiger partial charge in [-0.15, -0.1) is 11.3 Å². The maximum absolute atomic E-state index is 8.96. The molecular weight excluding hydrogens is 256 g/mol. The SMILES string of the molecule is COc1ccc(-c2csc(C#N)c2N)cc1C(C)C. The van der Waals surface area contributed by atoms with E-state index in [-0.39, 0.29) is 0 Å². The molecule has 4 heteroatoms. The number of thiophene rings is 1. The van der Waals surface area contributed by atoms with Crippen LogP contribution in [0.3, 0.4) is 0 Å². The molecule has 0 spiro atoms. The zero-order valence-electron chi connectivity index (χ0n) is 11.2. The molecular formula is C15H16N2OS. The first-order valence-electron chi connectivity index (χ1n) is 6.03. The molecule has 0 radical (unpaired) electrons. The van der Waals surface area contributed by atoms with Gasteiger partial charge in [-0.25, -0.2) is 0 Å². The molecule has 1 heterocycles. The van der Waals surface area contributed by atoms with Crippen LogP contribution in [0.15, 0.2) is 23.6 Å². The number of nitriles is 1. The molecule has 3 nitrogen and oxygen atoms in total. The number of anilines is 1. The summed E-state index contributed by atoms with van der Waals surface area (Å²) in [6, 6.07) is 8.13. The van der Waals surface area contributed by atoms with E-state index in [1.54, 1.807) is 7.11 Å². The normalized spacial score (nSPS) is 10.5. The van der Waals surface area contributed by atoms with Crippen molar-refractivity contribution in [2.45, 2.75) is 19.8 Å². The van der Waals surface area contributed by atoms with E-state index in [9.17, 15) is 0 Å². The van der Waals surface area contributed by atoms with Crippen molar-refractivity contribution in [1.29, 1.82) is 5.26 Å². The second kappa shape index (κ2) is 5.33. The topological polar surface area (TPSA) is 59.0 Å². The Balaban J connectivity index is 2.55. The number of rotatable bonds is 3. The summed E-state index contributed by atoms with van der Waals surface area (Å²) in [4.78, 5) is 0.567. The Morgan fingerprint density at radius 1 is 1.37 bits per heavy atom. The van der Waals surface area contributed by atoms with Crippen LogP contribution in [-0.2, 0) is 0 Å². The summed E-state index contributed by atoms with van der Waals surface area (Å²) >= 11 is 1.38. The van der Waals surface area contributed by atoms with Gasteiger partial charge in [-0.2, -0.15) is 5.26 Å². The van der Waals surface area contributed by atoms with Crippen LogP contribution in [-0.4, -0.2) is 7.11 Å². The van der Waals surface area contributed by atoms with Crippen LogP contribution in [0, 0.1) is 11.3 Å². The third kappa shape index (κ3) is 2.42. The summed E-state index contributed by atoms with van der Waals surface area (Å²) in [5, 5.41) is 10.9. The number of methoxy groups -OCH3 is 1. The van der Waals surface area contributed by atoms with Gasteiger partial charge in [0.25, 0.3) is 0 Å². The Bertz CT molecular complexity index is 638. The van der Waals surface area contributed by atoms with Crippen LogP contribution < -0.4 is 10.5 Å². The summed E-state index contributed by atoms with van der Waals surface area (Å²) in [5.74, 6) is 1.25. The van der Waals surface area contributed by atoms with Gasteiger partial charge in [0.2, 0.25) is 0 Å². The monoisotopic (exact) mass is 272 g/mol. The van der Waals surface area contributed by atoms with Crippen LogP contribution in [0.1, 0.15) is 30.2 Å². The van der Waals surface area contributed by atoms with Crippen molar-refractivity contribution in [3.63, 3.8) is 0 Å². The molecule has 0 aliphatic rings. The molecule has 98 valence electrons. The highest BCUT2D eigenvalue weighted by molar-refractivity contribution is 7.11. The van der Waals surface area contributed by atoms with Gasteiger partial charge in [0.05, 0.1) is 12.8 Å². The second-order valence-electron chi connectivity index (χ2n) is 4.62. The smallest absolute Gasteiger partial charge is 0.128 e. The van der Waals surface area contributed by atoms with E-state index in [0.717, 1.165) is 22.4 Å². The van der Waals surface area contributed by atoms with E-state index < -0.39 is 0 Å². The van der Waals surface area contributed by atoms with E-state index in [2.05, 4.69) is 26.0 Å². The van der Waals surface area contributed by atoms with Gasteiger partial charge in [0.1, 0.15) is 16.7 Å². The molecule has 0 aliphatic heterocycles. The fraction of sp³-hybridized carbons (Fsp3) is 0.267. The molecule has 0 fully saturated rings. The maximum atomic E-state index is 8.96. The molecule has 1 aromatic carbocycles. The quantitative estimate of drug-likeness (QED) is 0.918. The minimum Gasteiger partial charge on any atom is -0.496 e. The first-order chi connectivity index (χ1) is 9.08. The van der Waals surface area contributed by atoms with Crippen molar-refractivity contribution in [2.75, 3.05) is 12.8 Å². The highest BCUT2D eigenvalue weighted by Gasteiger charge is 2.13. The van der Waals surface area contributed by atoms with Gasteiger partial charge in [0, 0.05) is 10.9 Å². The Hall–Kier alpha value is -1.99. The Morgan fingerprint density at radius 2 is 2.11 bits per heavy atom. The summed E-state index contributed by atoms with van der Waals surface area (Å²) < 4.78 is 5.37. The molecule has 0 aliphatic carbocycles. The van der Waals surface area contributed by atoms with Gasteiger partial charge in [-0.1, -0.05) is 19.9 Å². The number of nitrogen functional groups attached to an aromatic ring is 1. The van der Waals surface area contributed by atoms with Crippen molar-refractivity contribution >= 4 is 17.0 Å². The van der Waals surface area contributed by atoms with Crippen molar-refractivity contribution in [2.24, 2.45) is 0 Å². The zero-order valence-corrected chi connectivity index (χ0v) is 12.0. The Kier molecular flexibility index (Phi) is 3.77. The summed E-state index contributed by atoms with van der Waals surface area (Å²) in [5.41, 5.74) is 9.65. The minimum atomic E-state index is 0.366. The number of hydrogen-bond acceptors (Lipinski definition) is 4. The second-order valence-corrected chi connectivity index (χ2v) is 5.50. The Labute approximate surface area is 117 Å². The van der Waals surface area contributed by atoms with Crippen molar-refractivity contribution in [1.82, 2.24) is 0 Å². The molecule has 0 unspecified atom stereocenters. The molecule has 1 aromatic heterocycles. The van der Waals surface area contributed by atoms with Crippen LogP contribution in [0.4, 0.5) is 5.69 Å². The predicted octanol–water partition coefficient (Wildman–Crippen LogP) is 4.00. The largest absolute Gasteiger partial charge is 0.496 e. The highest BCUT2D eigenvalue weighted by Crippen LogP contribution is 2.37. The molecule has 19 heavy (non-hydrogen) atoms. The van der Waals surface area contributed by atoms with Gasteiger partial charge >= 0.3 is 0 Å². The third-order valence-electron chi connectivity index (χ3n) is 3.09. The first kappa shape index (κ1) is 13.4. The lowest BCUT2D eigenvalue weighted by Gasteiger charge is -2.13. The third-order valence-corrected chi connectivity index (χ3v) is 3.99. The summed E-state index contributed by atoms with van der Waals surface area (Å²) in [6.45, 7) is 4.25. The zero-order chi connectivity index (χ0) is 14.0. The molecule has 2 rings (SSSR count). The van der Waals surface area contributed by atoms with Crippen molar-refractivity contribution in [3.05, 3.63) is 34.0 Å². The van der Waals surface area contributed by atoms with E-state index in [4.69, 9.17) is 15.7 Å². The molecule has 0 atom stereocenters. The summed E-state index contributed by atoms with van der Waals surface area (Å²) in [7, 11) is 1.67. The van der Waals surface area contributed by atoms with Crippen molar-refractivity contribution in [3.8, 4) is 22.9 Å². The van der Waals surface area contributed by atoms with E-state index in [1.165, 1.54) is 11.3 Å². The fourth-order valence-electron chi connectivity index (χ4n) is 2.03. The van der Waals surface area contributed by atoms with E-state index in [1.807, 2.05) is 17.5 Å². The lowest BCUT2D eigenvalue weighted by molar-refractivity contribution is 0.407. The lowest BCUT2D eigenvalue weighted by Crippen LogP contribution is -1.95.